The van der Waals surface area contributed by atoms with Crippen molar-refractivity contribution in [2.75, 3.05) is 33.3 Å². The SMILES string of the molecule is CCC(=O)N1CCC(NC(=NC)NCCCCOc2ccc(C)cc2)C1. The van der Waals surface area contributed by atoms with Crippen LogP contribution in [0.4, 0.5) is 0 Å². The summed E-state index contributed by atoms with van der Waals surface area (Å²) in [4.78, 5) is 17.9. The molecule has 1 amide bonds. The molecule has 1 unspecified atom stereocenters. The van der Waals surface area contributed by atoms with Gasteiger partial charge in [-0.2, -0.15) is 0 Å². The number of benzene rings is 1. The van der Waals surface area contributed by atoms with Crippen LogP contribution in [0.2, 0.25) is 0 Å². The zero-order chi connectivity index (χ0) is 18.8. The van der Waals surface area contributed by atoms with Crippen LogP contribution in [-0.2, 0) is 4.79 Å². The Kier molecular flexibility index (Phi) is 8.25. The van der Waals surface area contributed by atoms with Gasteiger partial charge >= 0.3 is 0 Å². The second-order valence-electron chi connectivity index (χ2n) is 6.69. The number of carbonyl (C=O) groups is 1. The van der Waals surface area contributed by atoms with E-state index in [1.807, 2.05) is 24.0 Å². The number of carbonyl (C=O) groups excluding carboxylic acids is 1. The number of nitrogens with zero attached hydrogens (tertiary/aromatic N) is 2. The molecule has 1 fully saturated rings. The van der Waals surface area contributed by atoms with Crippen molar-refractivity contribution in [3.05, 3.63) is 29.8 Å². The molecule has 2 rings (SSSR count). The first kappa shape index (κ1) is 20.1. The number of amides is 1. The quantitative estimate of drug-likeness (QED) is 0.424. The van der Waals surface area contributed by atoms with Gasteiger partial charge in [-0.25, -0.2) is 0 Å². The van der Waals surface area contributed by atoms with Crippen LogP contribution >= 0.6 is 0 Å². The van der Waals surface area contributed by atoms with E-state index in [0.717, 1.165) is 50.6 Å². The highest BCUT2D eigenvalue weighted by Gasteiger charge is 2.25. The summed E-state index contributed by atoms with van der Waals surface area (Å²) in [5, 5.41) is 6.75. The van der Waals surface area contributed by atoms with E-state index in [2.05, 4.69) is 34.7 Å². The summed E-state index contributed by atoms with van der Waals surface area (Å²) in [6.45, 7) is 7.14. The lowest BCUT2D eigenvalue weighted by Gasteiger charge is -2.18. The van der Waals surface area contributed by atoms with Gasteiger partial charge in [0.05, 0.1) is 6.61 Å². The molecule has 1 aromatic rings. The van der Waals surface area contributed by atoms with Crippen LogP contribution in [0.15, 0.2) is 29.3 Å². The third-order valence-corrected chi connectivity index (χ3v) is 4.56. The molecule has 1 aliphatic rings. The van der Waals surface area contributed by atoms with Gasteiger partial charge in [-0.15, -0.1) is 0 Å². The Bertz CT molecular complexity index is 586. The molecular weight excluding hydrogens is 328 g/mol. The number of aliphatic imine (C=N–C) groups is 1. The fourth-order valence-corrected chi connectivity index (χ4v) is 2.97. The first-order valence-electron chi connectivity index (χ1n) is 9.56. The molecule has 0 saturated carbocycles. The molecule has 1 heterocycles. The van der Waals surface area contributed by atoms with Crippen LogP contribution in [0.5, 0.6) is 5.75 Å². The highest BCUT2D eigenvalue weighted by atomic mass is 16.5. The molecule has 0 radical (unpaired) electrons. The normalized spacial score (nSPS) is 17.3. The number of hydrogen-bond acceptors (Lipinski definition) is 3. The van der Waals surface area contributed by atoms with Crippen molar-refractivity contribution in [3.8, 4) is 5.75 Å². The first-order valence-corrected chi connectivity index (χ1v) is 9.56. The van der Waals surface area contributed by atoms with Gasteiger partial charge in [-0.1, -0.05) is 24.6 Å². The molecule has 2 N–H and O–H groups in total. The van der Waals surface area contributed by atoms with Crippen molar-refractivity contribution in [1.82, 2.24) is 15.5 Å². The number of hydrogen-bond donors (Lipinski definition) is 2. The van der Waals surface area contributed by atoms with Gasteiger partial charge in [-0.3, -0.25) is 9.79 Å². The van der Waals surface area contributed by atoms with Crippen LogP contribution in [0, 0.1) is 6.92 Å². The Hall–Kier alpha value is -2.24. The number of guanidine groups is 1. The van der Waals surface area contributed by atoms with Crippen molar-refractivity contribution in [1.29, 1.82) is 0 Å². The minimum absolute atomic E-state index is 0.228. The summed E-state index contributed by atoms with van der Waals surface area (Å²) in [7, 11) is 1.78. The Labute approximate surface area is 157 Å². The molecular formula is C20H32N4O2. The molecule has 0 bridgehead atoms. The average molecular weight is 361 g/mol. The molecule has 0 aromatic heterocycles. The summed E-state index contributed by atoms with van der Waals surface area (Å²) in [6, 6.07) is 8.41. The van der Waals surface area contributed by atoms with Crippen molar-refractivity contribution in [2.24, 2.45) is 4.99 Å². The van der Waals surface area contributed by atoms with E-state index in [1.165, 1.54) is 5.56 Å². The van der Waals surface area contributed by atoms with Gasteiger partial charge in [0.15, 0.2) is 5.96 Å². The van der Waals surface area contributed by atoms with Crippen LogP contribution in [0.25, 0.3) is 0 Å². The Morgan fingerprint density at radius 3 is 2.77 bits per heavy atom. The van der Waals surface area contributed by atoms with Gasteiger partial charge in [0.25, 0.3) is 0 Å². The van der Waals surface area contributed by atoms with E-state index in [0.29, 0.717) is 13.0 Å². The zero-order valence-electron chi connectivity index (χ0n) is 16.3. The van der Waals surface area contributed by atoms with Crippen molar-refractivity contribution in [2.45, 2.75) is 45.6 Å². The Balaban J connectivity index is 1.57. The second kappa shape index (κ2) is 10.7. The number of rotatable bonds is 8. The molecule has 144 valence electrons. The maximum Gasteiger partial charge on any atom is 0.222 e. The number of ether oxygens (including phenoxy) is 1. The number of nitrogens with one attached hydrogen (secondary N) is 2. The molecule has 1 aromatic carbocycles. The van der Waals surface area contributed by atoms with Crippen LogP contribution < -0.4 is 15.4 Å². The summed E-state index contributed by atoms with van der Waals surface area (Å²) in [5.74, 6) is 1.96. The molecule has 6 heteroatoms. The Morgan fingerprint density at radius 2 is 2.08 bits per heavy atom. The van der Waals surface area contributed by atoms with Crippen LogP contribution in [-0.4, -0.2) is 56.1 Å². The fraction of sp³-hybridized carbons (Fsp3) is 0.600. The molecule has 0 spiro atoms. The standard InChI is InChI=1S/C20H32N4O2/c1-4-19(25)24-13-11-17(15-24)23-20(21-3)22-12-5-6-14-26-18-9-7-16(2)8-10-18/h7-10,17H,4-6,11-15H2,1-3H3,(H2,21,22,23). The number of unbranched alkanes of at least 4 members (excludes halogenated alkanes) is 1. The van der Waals surface area contributed by atoms with Crippen LogP contribution in [0.3, 0.4) is 0 Å². The first-order chi connectivity index (χ1) is 12.6. The maximum absolute atomic E-state index is 11.7. The maximum atomic E-state index is 11.7. The third kappa shape index (κ3) is 6.58. The van der Waals surface area contributed by atoms with E-state index < -0.39 is 0 Å². The van der Waals surface area contributed by atoms with Gasteiger partial charge in [0.1, 0.15) is 5.75 Å². The molecule has 6 nitrogen and oxygen atoms in total. The topological polar surface area (TPSA) is 66.0 Å². The smallest absolute Gasteiger partial charge is 0.222 e. The van der Waals surface area contributed by atoms with E-state index >= 15 is 0 Å². The highest BCUT2D eigenvalue weighted by molar-refractivity contribution is 5.80. The van der Waals surface area contributed by atoms with E-state index in [9.17, 15) is 4.79 Å². The summed E-state index contributed by atoms with van der Waals surface area (Å²) < 4.78 is 5.74. The minimum Gasteiger partial charge on any atom is -0.494 e. The monoisotopic (exact) mass is 360 g/mol. The van der Waals surface area contributed by atoms with Gasteiger partial charge < -0.3 is 20.3 Å². The lowest BCUT2D eigenvalue weighted by Crippen LogP contribution is -2.45. The molecule has 1 atom stereocenters. The lowest BCUT2D eigenvalue weighted by atomic mass is 10.2. The predicted molar refractivity (Wildman–Crippen MR) is 106 cm³/mol. The Morgan fingerprint density at radius 1 is 1.31 bits per heavy atom. The fourth-order valence-electron chi connectivity index (χ4n) is 2.97. The molecule has 26 heavy (non-hydrogen) atoms. The number of aryl methyl sites for hydroxylation is 1. The summed E-state index contributed by atoms with van der Waals surface area (Å²) in [6.07, 6.45) is 3.54. The van der Waals surface area contributed by atoms with E-state index in [4.69, 9.17) is 4.74 Å². The second-order valence-corrected chi connectivity index (χ2v) is 6.69. The van der Waals surface area contributed by atoms with E-state index in [-0.39, 0.29) is 11.9 Å². The van der Waals surface area contributed by atoms with Crippen LogP contribution in [0.1, 0.15) is 38.2 Å². The van der Waals surface area contributed by atoms with Gasteiger partial charge in [0.2, 0.25) is 5.91 Å². The summed E-state index contributed by atoms with van der Waals surface area (Å²) in [5.41, 5.74) is 1.24. The molecule has 0 aliphatic carbocycles. The predicted octanol–water partition coefficient (Wildman–Crippen LogP) is 2.33. The largest absolute Gasteiger partial charge is 0.494 e. The lowest BCUT2D eigenvalue weighted by molar-refractivity contribution is -0.129. The molecule has 1 aliphatic heterocycles. The minimum atomic E-state index is 0.228. The highest BCUT2D eigenvalue weighted by Crippen LogP contribution is 2.12. The van der Waals surface area contributed by atoms with Crippen molar-refractivity contribution < 1.29 is 9.53 Å². The van der Waals surface area contributed by atoms with Gasteiger partial charge in [0, 0.05) is 39.1 Å². The van der Waals surface area contributed by atoms with E-state index in [1.54, 1.807) is 7.05 Å². The van der Waals surface area contributed by atoms with Crippen molar-refractivity contribution in [3.63, 3.8) is 0 Å². The van der Waals surface area contributed by atoms with Gasteiger partial charge in [-0.05, 0) is 38.3 Å². The zero-order valence-corrected chi connectivity index (χ0v) is 16.3. The molecule has 1 saturated heterocycles. The van der Waals surface area contributed by atoms with Crippen molar-refractivity contribution >= 4 is 11.9 Å². The average Bonchev–Trinajstić information content (AvgIpc) is 3.12. The third-order valence-electron chi connectivity index (χ3n) is 4.56. The summed E-state index contributed by atoms with van der Waals surface area (Å²) >= 11 is 0. The number of likely N-dealkylation sites (tertiary alicyclic amines) is 1.